The largest absolute Gasteiger partial charge is 0.492 e. The fourth-order valence-electron chi connectivity index (χ4n) is 1.76. The molecule has 0 amide bonds. The second-order valence-corrected chi connectivity index (χ2v) is 3.83. The van der Waals surface area contributed by atoms with Crippen LogP contribution in [0.15, 0.2) is 36.4 Å². The van der Waals surface area contributed by atoms with Gasteiger partial charge in [0.1, 0.15) is 12.4 Å². The van der Waals surface area contributed by atoms with Crippen LogP contribution in [0.4, 0.5) is 0 Å². The molecule has 0 fully saturated rings. The van der Waals surface area contributed by atoms with Crippen molar-refractivity contribution >= 4 is 10.8 Å². The Hall–Kier alpha value is -1.54. The van der Waals surface area contributed by atoms with Crippen LogP contribution in [0.5, 0.6) is 5.75 Å². The number of rotatable bonds is 4. The van der Waals surface area contributed by atoms with E-state index in [0.717, 1.165) is 12.2 Å². The molecule has 0 saturated carbocycles. The minimum absolute atomic E-state index is 0.548. The van der Waals surface area contributed by atoms with Crippen molar-refractivity contribution in [3.8, 4) is 5.75 Å². The van der Waals surface area contributed by atoms with E-state index >= 15 is 0 Å². The zero-order chi connectivity index (χ0) is 11.4. The molecular weight excluding hydrogens is 198 g/mol. The van der Waals surface area contributed by atoms with Crippen LogP contribution in [0.3, 0.4) is 0 Å². The van der Waals surface area contributed by atoms with Gasteiger partial charge in [-0.15, -0.1) is 0 Å². The predicted octanol–water partition coefficient (Wildman–Crippen LogP) is 2.74. The average Bonchev–Trinajstić information content (AvgIpc) is 2.35. The number of ether oxygens (including phenoxy) is 1. The molecule has 0 aliphatic rings. The van der Waals surface area contributed by atoms with E-state index in [1.54, 1.807) is 0 Å². The summed E-state index contributed by atoms with van der Waals surface area (Å²) < 4.78 is 5.49. The van der Waals surface area contributed by atoms with Crippen LogP contribution in [0.25, 0.3) is 10.8 Å². The zero-order valence-corrected chi connectivity index (χ0v) is 9.57. The molecule has 2 rings (SSSR count). The number of hydrogen-bond donors (Lipinski definition) is 1. The van der Waals surface area contributed by atoms with E-state index in [1.165, 1.54) is 16.3 Å². The second kappa shape index (κ2) is 4.99. The summed E-state index contributed by atoms with van der Waals surface area (Å²) in [5.41, 5.74) is 6.77. The number of benzene rings is 2. The first kappa shape index (κ1) is 11.0. The Balaban J connectivity index is 2.32. The van der Waals surface area contributed by atoms with Gasteiger partial charge in [-0.05, 0) is 34.9 Å². The van der Waals surface area contributed by atoms with Gasteiger partial charge in [-0.25, -0.2) is 0 Å². The lowest BCUT2D eigenvalue weighted by Crippen LogP contribution is -2.10. The highest BCUT2D eigenvalue weighted by molar-refractivity contribution is 5.84. The normalized spacial score (nSPS) is 10.6. The van der Waals surface area contributed by atoms with Crippen molar-refractivity contribution in [1.29, 1.82) is 0 Å². The molecule has 2 aromatic carbocycles. The maximum Gasteiger partial charge on any atom is 0.120 e. The van der Waals surface area contributed by atoms with Crippen LogP contribution in [0, 0.1) is 0 Å². The summed E-state index contributed by atoms with van der Waals surface area (Å²) in [4.78, 5) is 0. The molecule has 2 aromatic rings. The Morgan fingerprint density at radius 3 is 2.56 bits per heavy atom. The van der Waals surface area contributed by atoms with Gasteiger partial charge in [0.15, 0.2) is 0 Å². The summed E-state index contributed by atoms with van der Waals surface area (Å²) in [7, 11) is 0. The van der Waals surface area contributed by atoms with Crippen molar-refractivity contribution in [1.82, 2.24) is 0 Å². The minimum atomic E-state index is 0.548. The number of hydrogen-bond acceptors (Lipinski definition) is 2. The summed E-state index contributed by atoms with van der Waals surface area (Å²) in [5.74, 6) is 0.891. The fourth-order valence-corrected chi connectivity index (χ4v) is 1.76. The van der Waals surface area contributed by atoms with Crippen molar-refractivity contribution in [2.75, 3.05) is 13.2 Å². The molecule has 2 nitrogen and oxygen atoms in total. The molecule has 0 aromatic heterocycles. The van der Waals surface area contributed by atoms with Gasteiger partial charge in [0.2, 0.25) is 0 Å². The molecule has 16 heavy (non-hydrogen) atoms. The van der Waals surface area contributed by atoms with Crippen molar-refractivity contribution in [2.24, 2.45) is 5.73 Å². The molecule has 0 unspecified atom stereocenters. The van der Waals surface area contributed by atoms with Crippen LogP contribution >= 0.6 is 0 Å². The highest BCUT2D eigenvalue weighted by Crippen LogP contribution is 2.22. The van der Waals surface area contributed by atoms with E-state index in [-0.39, 0.29) is 0 Å². The van der Waals surface area contributed by atoms with E-state index in [9.17, 15) is 0 Å². The SMILES string of the molecule is CCc1ccc2cc(OCCN)ccc2c1. The Kier molecular flexibility index (Phi) is 3.42. The van der Waals surface area contributed by atoms with Crippen molar-refractivity contribution in [3.63, 3.8) is 0 Å². The van der Waals surface area contributed by atoms with E-state index in [2.05, 4.69) is 37.3 Å². The highest BCUT2D eigenvalue weighted by atomic mass is 16.5. The first-order valence-corrected chi connectivity index (χ1v) is 5.69. The van der Waals surface area contributed by atoms with Gasteiger partial charge in [0, 0.05) is 6.54 Å². The molecule has 0 spiro atoms. The third kappa shape index (κ3) is 2.34. The number of aryl methyl sites for hydroxylation is 1. The summed E-state index contributed by atoms with van der Waals surface area (Å²) in [5, 5.41) is 2.48. The molecule has 0 saturated heterocycles. The minimum Gasteiger partial charge on any atom is -0.492 e. The van der Waals surface area contributed by atoms with Gasteiger partial charge in [0.25, 0.3) is 0 Å². The monoisotopic (exact) mass is 215 g/mol. The quantitative estimate of drug-likeness (QED) is 0.851. The van der Waals surface area contributed by atoms with Crippen molar-refractivity contribution < 1.29 is 4.74 Å². The molecule has 0 aliphatic heterocycles. The molecule has 84 valence electrons. The molecule has 0 aliphatic carbocycles. The average molecular weight is 215 g/mol. The summed E-state index contributed by atoms with van der Waals surface area (Å²) in [6.45, 7) is 3.28. The van der Waals surface area contributed by atoms with Crippen molar-refractivity contribution in [3.05, 3.63) is 42.0 Å². The van der Waals surface area contributed by atoms with Crippen LogP contribution in [0.1, 0.15) is 12.5 Å². The zero-order valence-electron chi connectivity index (χ0n) is 9.57. The Labute approximate surface area is 96.0 Å². The predicted molar refractivity (Wildman–Crippen MR) is 67.9 cm³/mol. The first-order valence-electron chi connectivity index (χ1n) is 5.69. The standard InChI is InChI=1S/C14H17NO/c1-2-11-3-4-13-10-14(16-8-7-15)6-5-12(13)9-11/h3-6,9-10H,2,7-8,15H2,1H3. The Morgan fingerprint density at radius 2 is 1.81 bits per heavy atom. The molecule has 2 heteroatoms. The van der Waals surface area contributed by atoms with Gasteiger partial charge < -0.3 is 10.5 Å². The van der Waals surface area contributed by atoms with E-state index in [0.29, 0.717) is 13.2 Å². The molecule has 0 atom stereocenters. The maximum atomic E-state index is 5.49. The lowest BCUT2D eigenvalue weighted by atomic mass is 10.1. The third-order valence-electron chi connectivity index (χ3n) is 2.67. The van der Waals surface area contributed by atoms with E-state index in [4.69, 9.17) is 10.5 Å². The van der Waals surface area contributed by atoms with Crippen LogP contribution in [-0.2, 0) is 6.42 Å². The molecule has 0 radical (unpaired) electrons. The maximum absolute atomic E-state index is 5.49. The van der Waals surface area contributed by atoms with Gasteiger partial charge >= 0.3 is 0 Å². The number of fused-ring (bicyclic) bond motifs is 1. The summed E-state index contributed by atoms with van der Waals surface area (Å²) >= 11 is 0. The topological polar surface area (TPSA) is 35.2 Å². The first-order chi connectivity index (χ1) is 7.83. The van der Waals surface area contributed by atoms with Crippen LogP contribution < -0.4 is 10.5 Å². The molecule has 0 bridgehead atoms. The molecule has 2 N–H and O–H groups in total. The lowest BCUT2D eigenvalue weighted by molar-refractivity contribution is 0.329. The molecule has 0 heterocycles. The Bertz CT molecular complexity index is 479. The van der Waals surface area contributed by atoms with Gasteiger partial charge in [-0.1, -0.05) is 31.2 Å². The van der Waals surface area contributed by atoms with Crippen molar-refractivity contribution in [2.45, 2.75) is 13.3 Å². The van der Waals surface area contributed by atoms with Crippen LogP contribution in [0.2, 0.25) is 0 Å². The van der Waals surface area contributed by atoms with Crippen LogP contribution in [-0.4, -0.2) is 13.2 Å². The van der Waals surface area contributed by atoms with Gasteiger partial charge in [0.05, 0.1) is 0 Å². The Morgan fingerprint density at radius 1 is 1.06 bits per heavy atom. The third-order valence-corrected chi connectivity index (χ3v) is 2.67. The van der Waals surface area contributed by atoms with E-state index in [1.807, 2.05) is 6.07 Å². The van der Waals surface area contributed by atoms with Gasteiger partial charge in [-0.3, -0.25) is 0 Å². The smallest absolute Gasteiger partial charge is 0.120 e. The van der Waals surface area contributed by atoms with E-state index < -0.39 is 0 Å². The summed E-state index contributed by atoms with van der Waals surface area (Å²) in [6.07, 6.45) is 1.07. The molecular formula is C14H17NO. The van der Waals surface area contributed by atoms with Gasteiger partial charge in [-0.2, -0.15) is 0 Å². The number of nitrogens with two attached hydrogens (primary N) is 1. The summed E-state index contributed by atoms with van der Waals surface area (Å²) in [6, 6.07) is 12.7. The fraction of sp³-hybridized carbons (Fsp3) is 0.286. The highest BCUT2D eigenvalue weighted by Gasteiger charge is 1.98. The lowest BCUT2D eigenvalue weighted by Gasteiger charge is -2.06. The second-order valence-electron chi connectivity index (χ2n) is 3.83.